The Morgan fingerprint density at radius 2 is 1.95 bits per heavy atom. The lowest BCUT2D eigenvalue weighted by molar-refractivity contribution is 1.42. The first-order valence-corrected chi connectivity index (χ1v) is 7.29. The van der Waals surface area contributed by atoms with E-state index in [1.165, 1.54) is 11.3 Å². The summed E-state index contributed by atoms with van der Waals surface area (Å²) < 4.78 is 0.991. The van der Waals surface area contributed by atoms with Crippen molar-refractivity contribution in [3.05, 3.63) is 52.0 Å². The molecule has 1 N–H and O–H groups in total. The summed E-state index contributed by atoms with van der Waals surface area (Å²) in [5.41, 5.74) is 2.88. The molecule has 0 bridgehead atoms. The molecule has 0 radical (unpaired) electrons. The van der Waals surface area contributed by atoms with Crippen LogP contribution in [0.3, 0.4) is 0 Å². The third kappa shape index (κ3) is 2.54. The molecule has 3 aromatic rings. The van der Waals surface area contributed by atoms with Gasteiger partial charge in [0.05, 0.1) is 15.2 Å². The van der Waals surface area contributed by atoms with Gasteiger partial charge < -0.3 is 5.32 Å². The second-order valence-corrected chi connectivity index (χ2v) is 6.01. The number of halogens is 2. The summed E-state index contributed by atoms with van der Waals surface area (Å²) in [6, 6.07) is 11.6. The first-order valence-electron chi connectivity index (χ1n) is 5.72. The van der Waals surface area contributed by atoms with E-state index in [2.05, 4.69) is 10.3 Å². The molecule has 2 aromatic carbocycles. The number of aromatic nitrogens is 1. The van der Waals surface area contributed by atoms with Gasteiger partial charge in [-0.15, -0.1) is 0 Å². The van der Waals surface area contributed by atoms with Crippen LogP contribution in [-0.4, -0.2) is 4.98 Å². The molecular weight excluding hydrogens is 299 g/mol. The summed E-state index contributed by atoms with van der Waals surface area (Å²) in [6.07, 6.45) is 0. The van der Waals surface area contributed by atoms with E-state index >= 15 is 0 Å². The Morgan fingerprint density at radius 3 is 2.68 bits per heavy atom. The highest BCUT2D eigenvalue weighted by molar-refractivity contribution is 7.22. The first kappa shape index (κ1) is 12.7. The van der Waals surface area contributed by atoms with Gasteiger partial charge in [-0.3, -0.25) is 0 Å². The molecule has 5 heteroatoms. The summed E-state index contributed by atoms with van der Waals surface area (Å²) >= 11 is 13.8. The number of aryl methyl sites for hydroxylation is 1. The SMILES string of the molecule is Cc1ccc(Nc2nc3cccc(Cl)c3s2)cc1Cl. The molecule has 1 heterocycles. The van der Waals surface area contributed by atoms with E-state index in [0.29, 0.717) is 0 Å². The average Bonchev–Trinajstić information content (AvgIpc) is 2.78. The second-order valence-electron chi connectivity index (χ2n) is 4.20. The van der Waals surface area contributed by atoms with Crippen LogP contribution in [0, 0.1) is 6.92 Å². The molecule has 0 fully saturated rings. The highest BCUT2D eigenvalue weighted by Gasteiger charge is 2.07. The van der Waals surface area contributed by atoms with Gasteiger partial charge in [0.2, 0.25) is 0 Å². The quantitative estimate of drug-likeness (QED) is 0.661. The number of nitrogens with zero attached hydrogens (tertiary/aromatic N) is 1. The van der Waals surface area contributed by atoms with Crippen molar-refractivity contribution in [2.45, 2.75) is 6.92 Å². The number of rotatable bonds is 2. The van der Waals surface area contributed by atoms with Crippen molar-refractivity contribution < 1.29 is 0 Å². The molecule has 0 amide bonds. The minimum atomic E-state index is 0.727. The number of hydrogen-bond acceptors (Lipinski definition) is 3. The third-order valence-corrected chi connectivity index (χ3v) is 4.64. The molecule has 0 unspecified atom stereocenters. The van der Waals surface area contributed by atoms with Crippen molar-refractivity contribution in [3.8, 4) is 0 Å². The zero-order chi connectivity index (χ0) is 13.4. The van der Waals surface area contributed by atoms with Crippen molar-refractivity contribution in [1.82, 2.24) is 4.98 Å². The van der Waals surface area contributed by atoms with Gasteiger partial charge in [-0.05, 0) is 36.8 Å². The predicted molar refractivity (Wildman–Crippen MR) is 84.1 cm³/mol. The molecule has 0 aliphatic rings. The molecule has 3 rings (SSSR count). The van der Waals surface area contributed by atoms with Crippen LogP contribution in [0.15, 0.2) is 36.4 Å². The Balaban J connectivity index is 1.96. The minimum Gasteiger partial charge on any atom is -0.331 e. The van der Waals surface area contributed by atoms with Crippen LogP contribution in [0.1, 0.15) is 5.56 Å². The number of nitrogens with one attached hydrogen (secondary N) is 1. The lowest BCUT2D eigenvalue weighted by atomic mass is 10.2. The van der Waals surface area contributed by atoms with E-state index in [1.54, 1.807) is 0 Å². The standard InChI is InChI=1S/C14H10Cl2N2S/c1-8-5-6-9(7-11(8)16)17-14-18-12-4-2-3-10(15)13(12)19-14/h2-7H,1H3,(H,17,18). The van der Waals surface area contributed by atoms with Gasteiger partial charge in [0.25, 0.3) is 0 Å². The van der Waals surface area contributed by atoms with E-state index in [-0.39, 0.29) is 0 Å². The fourth-order valence-electron chi connectivity index (χ4n) is 1.76. The van der Waals surface area contributed by atoms with Gasteiger partial charge >= 0.3 is 0 Å². The smallest absolute Gasteiger partial charge is 0.188 e. The van der Waals surface area contributed by atoms with Crippen molar-refractivity contribution in [2.75, 3.05) is 5.32 Å². The van der Waals surface area contributed by atoms with Gasteiger partial charge in [0.15, 0.2) is 5.13 Å². The van der Waals surface area contributed by atoms with E-state index < -0.39 is 0 Å². The fourth-order valence-corrected chi connectivity index (χ4v) is 3.12. The highest BCUT2D eigenvalue weighted by atomic mass is 35.5. The third-order valence-electron chi connectivity index (χ3n) is 2.79. The van der Waals surface area contributed by atoms with Crippen LogP contribution < -0.4 is 5.32 Å². The number of thiazole rings is 1. The maximum Gasteiger partial charge on any atom is 0.188 e. The summed E-state index contributed by atoms with van der Waals surface area (Å²) in [5.74, 6) is 0. The van der Waals surface area contributed by atoms with Crippen molar-refractivity contribution in [1.29, 1.82) is 0 Å². The Hall–Kier alpha value is -1.29. The van der Waals surface area contributed by atoms with Crippen LogP contribution in [-0.2, 0) is 0 Å². The zero-order valence-corrected chi connectivity index (χ0v) is 12.4. The summed E-state index contributed by atoms with van der Waals surface area (Å²) in [7, 11) is 0. The fraction of sp³-hybridized carbons (Fsp3) is 0.0714. The topological polar surface area (TPSA) is 24.9 Å². The van der Waals surface area contributed by atoms with Crippen LogP contribution >= 0.6 is 34.5 Å². The molecule has 19 heavy (non-hydrogen) atoms. The summed E-state index contributed by atoms with van der Waals surface area (Å²) in [5, 5.41) is 5.53. The Labute approximate surface area is 125 Å². The van der Waals surface area contributed by atoms with Gasteiger partial charge in [0.1, 0.15) is 0 Å². The number of hydrogen-bond donors (Lipinski definition) is 1. The zero-order valence-electron chi connectivity index (χ0n) is 10.1. The maximum absolute atomic E-state index is 6.14. The molecule has 96 valence electrons. The van der Waals surface area contributed by atoms with Gasteiger partial charge in [0, 0.05) is 10.7 Å². The second kappa shape index (κ2) is 5.00. The van der Waals surface area contributed by atoms with Crippen molar-refractivity contribution >= 4 is 55.6 Å². The minimum absolute atomic E-state index is 0.727. The lowest BCUT2D eigenvalue weighted by Crippen LogP contribution is -1.89. The van der Waals surface area contributed by atoms with Crippen LogP contribution in [0.4, 0.5) is 10.8 Å². The lowest BCUT2D eigenvalue weighted by Gasteiger charge is -2.04. The molecule has 0 atom stereocenters. The Kier molecular flexibility index (Phi) is 3.35. The van der Waals surface area contributed by atoms with E-state index in [9.17, 15) is 0 Å². The molecule has 1 aromatic heterocycles. The average molecular weight is 309 g/mol. The number of fused-ring (bicyclic) bond motifs is 1. The first-order chi connectivity index (χ1) is 9.13. The van der Waals surface area contributed by atoms with Crippen LogP contribution in [0.25, 0.3) is 10.2 Å². The Bertz CT molecular complexity index is 752. The normalized spacial score (nSPS) is 10.9. The van der Waals surface area contributed by atoms with Crippen molar-refractivity contribution in [3.63, 3.8) is 0 Å². The maximum atomic E-state index is 6.14. The predicted octanol–water partition coefficient (Wildman–Crippen LogP) is 5.66. The summed E-state index contributed by atoms with van der Waals surface area (Å²) in [4.78, 5) is 4.50. The van der Waals surface area contributed by atoms with Gasteiger partial charge in [-0.25, -0.2) is 4.98 Å². The number of anilines is 2. The van der Waals surface area contributed by atoms with Gasteiger partial charge in [-0.1, -0.05) is 46.7 Å². The summed E-state index contributed by atoms with van der Waals surface area (Å²) in [6.45, 7) is 1.98. The van der Waals surface area contributed by atoms with E-state index in [4.69, 9.17) is 23.2 Å². The highest BCUT2D eigenvalue weighted by Crippen LogP contribution is 2.33. The molecule has 0 aliphatic carbocycles. The molecule has 0 spiro atoms. The Morgan fingerprint density at radius 1 is 1.11 bits per heavy atom. The van der Waals surface area contributed by atoms with E-state index in [1.807, 2.05) is 43.3 Å². The molecule has 2 nitrogen and oxygen atoms in total. The monoisotopic (exact) mass is 308 g/mol. The molecule has 0 aliphatic heterocycles. The van der Waals surface area contributed by atoms with Crippen LogP contribution in [0.5, 0.6) is 0 Å². The van der Waals surface area contributed by atoms with Gasteiger partial charge in [-0.2, -0.15) is 0 Å². The molecule has 0 saturated carbocycles. The molecular formula is C14H10Cl2N2S. The number of benzene rings is 2. The largest absolute Gasteiger partial charge is 0.331 e. The molecule has 0 saturated heterocycles. The van der Waals surface area contributed by atoms with E-state index in [0.717, 1.165) is 36.6 Å². The van der Waals surface area contributed by atoms with Crippen LogP contribution in [0.2, 0.25) is 10.0 Å². The van der Waals surface area contributed by atoms with Crippen molar-refractivity contribution in [2.24, 2.45) is 0 Å².